The highest BCUT2D eigenvalue weighted by Gasteiger charge is 2.31. The largest absolute Gasteiger partial charge is 0.332 e. The van der Waals surface area contributed by atoms with Crippen molar-refractivity contribution in [3.8, 4) is 0 Å². The third-order valence-electron chi connectivity index (χ3n) is 4.65. The van der Waals surface area contributed by atoms with Crippen molar-refractivity contribution in [2.24, 2.45) is 0 Å². The summed E-state index contributed by atoms with van der Waals surface area (Å²) in [4.78, 5) is 15.7. The quantitative estimate of drug-likeness (QED) is 0.684. The number of para-hydroxylation sites is 1. The van der Waals surface area contributed by atoms with Gasteiger partial charge in [-0.3, -0.25) is 4.79 Å². The Morgan fingerprint density at radius 3 is 2.59 bits per heavy atom. The van der Waals surface area contributed by atoms with Crippen LogP contribution in [0.2, 0.25) is 0 Å². The fraction of sp³-hybridized carbons (Fsp3) is 0.526. The number of thioether (sulfide) groups is 1. The number of benzene rings is 1. The van der Waals surface area contributed by atoms with Gasteiger partial charge in [-0.05, 0) is 25.0 Å². The van der Waals surface area contributed by atoms with Gasteiger partial charge in [0.2, 0.25) is 0 Å². The maximum Gasteiger partial charge on any atom is 0.158 e. The number of ketones is 1. The average Bonchev–Trinajstić information content (AvgIpc) is 2.85. The molecule has 3 rings (SSSR count). The number of allylic oxidation sites excluding steroid dienone is 1. The van der Waals surface area contributed by atoms with Crippen LogP contribution < -0.4 is 4.90 Å². The summed E-state index contributed by atoms with van der Waals surface area (Å²) in [5.74, 6) is 0.228. The smallest absolute Gasteiger partial charge is 0.158 e. The number of carbonyl (C=O) groups excluding carboxylic acids is 1. The number of hydrogen-bond donors (Lipinski definition) is 0. The summed E-state index contributed by atoms with van der Waals surface area (Å²) >= 11 is 1.76. The van der Waals surface area contributed by atoms with Crippen LogP contribution in [-0.4, -0.2) is 11.8 Å². The average molecular weight is 315 g/mol. The minimum Gasteiger partial charge on any atom is -0.332 e. The first kappa shape index (κ1) is 15.7. The molecule has 0 amide bonds. The summed E-state index contributed by atoms with van der Waals surface area (Å²) in [5, 5.41) is 1.14. The van der Waals surface area contributed by atoms with Gasteiger partial charge in [0, 0.05) is 23.4 Å². The van der Waals surface area contributed by atoms with Crippen molar-refractivity contribution in [2.75, 3.05) is 4.90 Å². The molecule has 3 heteroatoms. The number of carbonyl (C=O) groups is 1. The molecular formula is C19H25NOS. The SMILES string of the molecule is CCC(=O)/C=C1\Sc2ccccc2N1C1CCCCCCC1. The molecule has 2 nitrogen and oxygen atoms in total. The number of rotatable bonds is 3. The molecule has 1 fully saturated rings. The van der Waals surface area contributed by atoms with Crippen molar-refractivity contribution < 1.29 is 4.79 Å². The molecule has 0 atom stereocenters. The molecule has 1 aromatic carbocycles. The fourth-order valence-corrected chi connectivity index (χ4v) is 4.61. The van der Waals surface area contributed by atoms with E-state index >= 15 is 0 Å². The standard InChI is InChI=1S/C19H25NOS/c1-2-16(21)14-19-20(15-10-6-4-3-5-7-11-15)17-12-8-9-13-18(17)22-19/h8-9,12-15H,2-7,10-11H2,1H3/b19-14-. The molecule has 0 spiro atoms. The lowest BCUT2D eigenvalue weighted by Crippen LogP contribution is -2.32. The zero-order valence-corrected chi connectivity index (χ0v) is 14.2. The predicted molar refractivity (Wildman–Crippen MR) is 94.3 cm³/mol. The van der Waals surface area contributed by atoms with Crippen molar-refractivity contribution in [3.63, 3.8) is 0 Å². The van der Waals surface area contributed by atoms with Crippen molar-refractivity contribution >= 4 is 23.2 Å². The van der Waals surface area contributed by atoms with Crippen molar-refractivity contribution in [3.05, 3.63) is 35.4 Å². The summed E-state index contributed by atoms with van der Waals surface area (Å²) in [6.45, 7) is 1.94. The van der Waals surface area contributed by atoms with Gasteiger partial charge in [-0.2, -0.15) is 0 Å². The molecule has 0 radical (unpaired) electrons. The Balaban J connectivity index is 1.91. The van der Waals surface area contributed by atoms with E-state index in [2.05, 4.69) is 29.2 Å². The van der Waals surface area contributed by atoms with Crippen LogP contribution in [0.3, 0.4) is 0 Å². The third-order valence-corrected chi connectivity index (χ3v) is 5.74. The van der Waals surface area contributed by atoms with Crippen molar-refractivity contribution in [1.82, 2.24) is 0 Å². The third kappa shape index (κ3) is 3.40. The topological polar surface area (TPSA) is 20.3 Å². The van der Waals surface area contributed by atoms with Gasteiger partial charge < -0.3 is 4.90 Å². The second kappa shape index (κ2) is 7.36. The molecule has 118 valence electrons. The van der Waals surface area contributed by atoms with Crippen LogP contribution in [-0.2, 0) is 4.79 Å². The van der Waals surface area contributed by atoms with E-state index < -0.39 is 0 Å². The first-order valence-electron chi connectivity index (χ1n) is 8.60. The van der Waals surface area contributed by atoms with Crippen LogP contribution in [0.1, 0.15) is 58.3 Å². The molecule has 1 saturated carbocycles. The normalized spacial score (nSPS) is 21.5. The first-order valence-corrected chi connectivity index (χ1v) is 9.42. The van der Waals surface area contributed by atoms with Gasteiger partial charge in [0.25, 0.3) is 0 Å². The first-order chi connectivity index (χ1) is 10.8. The lowest BCUT2D eigenvalue weighted by molar-refractivity contribution is -0.114. The summed E-state index contributed by atoms with van der Waals surface area (Å²) in [7, 11) is 0. The zero-order valence-electron chi connectivity index (χ0n) is 13.4. The van der Waals surface area contributed by atoms with E-state index in [4.69, 9.17) is 0 Å². The Morgan fingerprint density at radius 1 is 1.18 bits per heavy atom. The minimum atomic E-state index is 0.228. The van der Waals surface area contributed by atoms with E-state index in [0.717, 1.165) is 5.03 Å². The van der Waals surface area contributed by atoms with Crippen LogP contribution in [0.4, 0.5) is 5.69 Å². The summed E-state index contributed by atoms with van der Waals surface area (Å²) < 4.78 is 0. The molecule has 0 N–H and O–H groups in total. The highest BCUT2D eigenvalue weighted by atomic mass is 32.2. The summed E-state index contributed by atoms with van der Waals surface area (Å²) in [6.07, 6.45) is 11.6. The van der Waals surface area contributed by atoms with Gasteiger partial charge in [0.1, 0.15) is 0 Å². The Morgan fingerprint density at radius 2 is 1.86 bits per heavy atom. The van der Waals surface area contributed by atoms with Gasteiger partial charge in [-0.15, -0.1) is 0 Å². The van der Waals surface area contributed by atoms with E-state index in [1.54, 1.807) is 11.8 Å². The van der Waals surface area contributed by atoms with Gasteiger partial charge in [0.15, 0.2) is 5.78 Å². The Hall–Kier alpha value is -1.22. The van der Waals surface area contributed by atoms with Crippen LogP contribution in [0.5, 0.6) is 0 Å². The number of anilines is 1. The molecule has 1 aromatic rings. The molecule has 0 bridgehead atoms. The van der Waals surface area contributed by atoms with Crippen LogP contribution >= 0.6 is 11.8 Å². The monoisotopic (exact) mass is 315 g/mol. The van der Waals surface area contributed by atoms with Gasteiger partial charge in [0.05, 0.1) is 10.7 Å². The van der Waals surface area contributed by atoms with Gasteiger partial charge in [-0.25, -0.2) is 0 Å². The van der Waals surface area contributed by atoms with E-state index in [1.807, 2.05) is 13.0 Å². The van der Waals surface area contributed by atoms with E-state index in [-0.39, 0.29) is 5.78 Å². The maximum absolute atomic E-state index is 12.0. The number of nitrogens with zero attached hydrogens (tertiary/aromatic N) is 1. The van der Waals surface area contributed by atoms with E-state index in [9.17, 15) is 4.79 Å². The fourth-order valence-electron chi connectivity index (χ4n) is 3.43. The molecule has 2 aliphatic rings. The molecule has 1 heterocycles. The molecule has 1 aliphatic heterocycles. The van der Waals surface area contributed by atoms with Crippen molar-refractivity contribution in [2.45, 2.75) is 69.2 Å². The second-order valence-electron chi connectivity index (χ2n) is 6.24. The molecule has 1 aliphatic carbocycles. The maximum atomic E-state index is 12.0. The molecule has 0 unspecified atom stereocenters. The van der Waals surface area contributed by atoms with Gasteiger partial charge in [-0.1, -0.05) is 62.9 Å². The van der Waals surface area contributed by atoms with Crippen LogP contribution in [0.25, 0.3) is 0 Å². The summed E-state index contributed by atoms with van der Waals surface area (Å²) in [6, 6.07) is 9.13. The predicted octanol–water partition coefficient (Wildman–Crippen LogP) is 5.53. The molecular weight excluding hydrogens is 290 g/mol. The van der Waals surface area contributed by atoms with Crippen molar-refractivity contribution in [1.29, 1.82) is 0 Å². The zero-order chi connectivity index (χ0) is 15.4. The molecule has 0 saturated heterocycles. The lowest BCUT2D eigenvalue weighted by atomic mass is 9.95. The Labute approximate surface area is 138 Å². The van der Waals surface area contributed by atoms with Gasteiger partial charge >= 0.3 is 0 Å². The summed E-state index contributed by atoms with van der Waals surface area (Å²) in [5.41, 5.74) is 1.30. The lowest BCUT2D eigenvalue weighted by Gasteiger charge is -2.32. The Kier molecular flexibility index (Phi) is 5.24. The Bertz CT molecular complexity index is 558. The minimum absolute atomic E-state index is 0.228. The second-order valence-corrected chi connectivity index (χ2v) is 7.30. The number of fused-ring (bicyclic) bond motifs is 1. The number of hydrogen-bond acceptors (Lipinski definition) is 3. The van der Waals surface area contributed by atoms with E-state index in [1.165, 1.54) is 55.5 Å². The van der Waals surface area contributed by atoms with Crippen LogP contribution in [0, 0.1) is 0 Å². The molecule has 22 heavy (non-hydrogen) atoms. The highest BCUT2D eigenvalue weighted by Crippen LogP contribution is 2.48. The highest BCUT2D eigenvalue weighted by molar-refractivity contribution is 8.03. The van der Waals surface area contributed by atoms with E-state index in [0.29, 0.717) is 12.5 Å². The molecule has 0 aromatic heterocycles. The van der Waals surface area contributed by atoms with Crippen LogP contribution in [0.15, 0.2) is 40.3 Å².